The van der Waals surface area contributed by atoms with Crippen LogP contribution in [0.15, 0.2) is 30.3 Å². The Kier molecular flexibility index (Phi) is 4.43. The summed E-state index contributed by atoms with van der Waals surface area (Å²) in [4.78, 5) is 0. The van der Waals surface area contributed by atoms with Crippen LogP contribution in [0.2, 0.25) is 0 Å². The molecule has 0 aliphatic heterocycles. The van der Waals surface area contributed by atoms with Gasteiger partial charge in [-0.2, -0.15) is 0 Å². The highest BCUT2D eigenvalue weighted by Gasteiger charge is 2.28. The van der Waals surface area contributed by atoms with E-state index in [2.05, 4.69) is 0 Å². The molecule has 17 heavy (non-hydrogen) atoms. The second-order valence-corrected chi connectivity index (χ2v) is 5.05. The van der Waals surface area contributed by atoms with Crippen LogP contribution in [0.5, 0.6) is 5.75 Å². The fourth-order valence-corrected chi connectivity index (χ4v) is 2.57. The Labute approximate surface area is 104 Å². The van der Waals surface area contributed by atoms with Crippen molar-refractivity contribution in [3.8, 4) is 5.75 Å². The van der Waals surface area contributed by atoms with Gasteiger partial charge in [-0.15, -0.1) is 0 Å². The molecular formula is C15H22O2. The van der Waals surface area contributed by atoms with E-state index in [1.54, 1.807) is 0 Å². The number of ether oxygens (including phenoxy) is 1. The van der Waals surface area contributed by atoms with Gasteiger partial charge in [-0.05, 0) is 37.8 Å². The fraction of sp³-hybridized carbons (Fsp3) is 0.600. The summed E-state index contributed by atoms with van der Waals surface area (Å²) >= 11 is 0. The van der Waals surface area contributed by atoms with E-state index in [-0.39, 0.29) is 0 Å². The maximum Gasteiger partial charge on any atom is 0.119 e. The molecule has 0 radical (unpaired) electrons. The lowest BCUT2D eigenvalue weighted by Gasteiger charge is -2.32. The van der Waals surface area contributed by atoms with Crippen LogP contribution in [0.3, 0.4) is 0 Å². The van der Waals surface area contributed by atoms with Crippen molar-refractivity contribution in [1.29, 1.82) is 0 Å². The Hall–Kier alpha value is -1.02. The summed E-state index contributed by atoms with van der Waals surface area (Å²) in [5.74, 6) is 0.920. The van der Waals surface area contributed by atoms with E-state index in [1.807, 2.05) is 30.3 Å². The normalized spacial score (nSPS) is 18.9. The van der Waals surface area contributed by atoms with Crippen LogP contribution < -0.4 is 4.74 Å². The summed E-state index contributed by atoms with van der Waals surface area (Å²) in [5.41, 5.74) is -0.404. The largest absolute Gasteiger partial charge is 0.494 e. The third-order valence-corrected chi connectivity index (χ3v) is 3.58. The summed E-state index contributed by atoms with van der Waals surface area (Å²) < 4.78 is 5.63. The lowest BCUT2D eigenvalue weighted by Crippen LogP contribution is -2.31. The summed E-state index contributed by atoms with van der Waals surface area (Å²) in [6, 6.07) is 9.87. The first-order valence-electron chi connectivity index (χ1n) is 6.69. The molecule has 0 unspecified atom stereocenters. The quantitative estimate of drug-likeness (QED) is 0.790. The molecule has 1 fully saturated rings. The number of hydrogen-bond donors (Lipinski definition) is 1. The van der Waals surface area contributed by atoms with Crippen LogP contribution in [0.4, 0.5) is 0 Å². The van der Waals surface area contributed by atoms with Crippen molar-refractivity contribution < 1.29 is 9.84 Å². The highest BCUT2D eigenvalue weighted by atomic mass is 16.5. The molecule has 1 aromatic carbocycles. The Morgan fingerprint density at radius 2 is 1.76 bits per heavy atom. The Bertz CT molecular complexity index is 315. The predicted molar refractivity (Wildman–Crippen MR) is 69.2 cm³/mol. The highest BCUT2D eigenvalue weighted by Crippen LogP contribution is 2.31. The summed E-state index contributed by atoms with van der Waals surface area (Å²) in [6.07, 6.45) is 7.39. The Morgan fingerprint density at radius 1 is 1.06 bits per heavy atom. The average molecular weight is 234 g/mol. The van der Waals surface area contributed by atoms with Gasteiger partial charge < -0.3 is 9.84 Å². The molecule has 0 aromatic heterocycles. The molecule has 0 heterocycles. The van der Waals surface area contributed by atoms with Crippen molar-refractivity contribution in [2.75, 3.05) is 6.61 Å². The zero-order valence-corrected chi connectivity index (χ0v) is 10.4. The zero-order valence-electron chi connectivity index (χ0n) is 10.4. The molecule has 1 N–H and O–H groups in total. The summed E-state index contributed by atoms with van der Waals surface area (Å²) in [6.45, 7) is 0.701. The molecule has 0 atom stereocenters. The number of para-hydroxylation sites is 1. The second kappa shape index (κ2) is 6.06. The van der Waals surface area contributed by atoms with Crippen molar-refractivity contribution >= 4 is 0 Å². The van der Waals surface area contributed by atoms with Gasteiger partial charge in [-0.25, -0.2) is 0 Å². The lowest BCUT2D eigenvalue weighted by atomic mass is 9.82. The van der Waals surface area contributed by atoms with Gasteiger partial charge in [0.2, 0.25) is 0 Å². The molecule has 1 aliphatic carbocycles. The van der Waals surface area contributed by atoms with Gasteiger partial charge in [-0.1, -0.05) is 37.5 Å². The van der Waals surface area contributed by atoms with Gasteiger partial charge in [0.05, 0.1) is 12.2 Å². The zero-order chi connectivity index (χ0) is 12.0. The van der Waals surface area contributed by atoms with Crippen LogP contribution in [-0.2, 0) is 0 Å². The maximum absolute atomic E-state index is 10.3. The molecule has 94 valence electrons. The van der Waals surface area contributed by atoms with E-state index < -0.39 is 5.60 Å². The third-order valence-electron chi connectivity index (χ3n) is 3.58. The van der Waals surface area contributed by atoms with Crippen LogP contribution in [-0.4, -0.2) is 17.3 Å². The smallest absolute Gasteiger partial charge is 0.119 e. The summed E-state index contributed by atoms with van der Waals surface area (Å²) in [5, 5.41) is 10.3. The molecule has 1 aromatic rings. The van der Waals surface area contributed by atoms with E-state index in [4.69, 9.17) is 4.74 Å². The molecule has 2 rings (SSSR count). The number of benzene rings is 1. The van der Waals surface area contributed by atoms with Crippen molar-refractivity contribution in [2.45, 2.75) is 50.5 Å². The highest BCUT2D eigenvalue weighted by molar-refractivity contribution is 5.20. The Balaban J connectivity index is 1.66. The minimum atomic E-state index is -0.404. The first-order chi connectivity index (χ1) is 8.29. The minimum absolute atomic E-state index is 0.404. The molecule has 0 amide bonds. The maximum atomic E-state index is 10.3. The Morgan fingerprint density at radius 3 is 2.47 bits per heavy atom. The number of hydrogen-bond acceptors (Lipinski definition) is 2. The number of rotatable bonds is 5. The fourth-order valence-electron chi connectivity index (χ4n) is 2.57. The number of aliphatic hydroxyl groups is 1. The first-order valence-corrected chi connectivity index (χ1v) is 6.69. The van der Waals surface area contributed by atoms with Crippen LogP contribution in [0.25, 0.3) is 0 Å². The first kappa shape index (κ1) is 12.4. The molecule has 0 bridgehead atoms. The molecule has 0 spiro atoms. The van der Waals surface area contributed by atoms with E-state index in [1.165, 1.54) is 19.3 Å². The average Bonchev–Trinajstić information content (AvgIpc) is 2.37. The van der Waals surface area contributed by atoms with Crippen LogP contribution >= 0.6 is 0 Å². The van der Waals surface area contributed by atoms with E-state index in [9.17, 15) is 5.11 Å². The molecule has 2 nitrogen and oxygen atoms in total. The predicted octanol–water partition coefficient (Wildman–Crippen LogP) is 3.54. The lowest BCUT2D eigenvalue weighted by molar-refractivity contribution is -0.00793. The van der Waals surface area contributed by atoms with E-state index in [0.717, 1.165) is 31.4 Å². The van der Waals surface area contributed by atoms with Crippen LogP contribution in [0.1, 0.15) is 44.9 Å². The van der Waals surface area contributed by atoms with Crippen molar-refractivity contribution in [3.05, 3.63) is 30.3 Å². The SMILES string of the molecule is OC1(CCCOc2ccccc2)CCCCC1. The van der Waals surface area contributed by atoms with Gasteiger partial charge in [0.25, 0.3) is 0 Å². The molecule has 1 saturated carbocycles. The topological polar surface area (TPSA) is 29.5 Å². The van der Waals surface area contributed by atoms with Crippen LogP contribution in [0, 0.1) is 0 Å². The van der Waals surface area contributed by atoms with Crippen molar-refractivity contribution in [3.63, 3.8) is 0 Å². The van der Waals surface area contributed by atoms with Gasteiger partial charge in [-0.3, -0.25) is 0 Å². The van der Waals surface area contributed by atoms with E-state index in [0.29, 0.717) is 6.61 Å². The van der Waals surface area contributed by atoms with Crippen molar-refractivity contribution in [2.24, 2.45) is 0 Å². The minimum Gasteiger partial charge on any atom is -0.494 e. The van der Waals surface area contributed by atoms with Gasteiger partial charge in [0.1, 0.15) is 5.75 Å². The summed E-state index contributed by atoms with van der Waals surface area (Å²) in [7, 11) is 0. The van der Waals surface area contributed by atoms with Gasteiger partial charge >= 0.3 is 0 Å². The molecule has 1 aliphatic rings. The third kappa shape index (κ3) is 4.04. The monoisotopic (exact) mass is 234 g/mol. The second-order valence-electron chi connectivity index (χ2n) is 5.05. The molecule has 2 heteroatoms. The van der Waals surface area contributed by atoms with Gasteiger partial charge in [0, 0.05) is 0 Å². The molecular weight excluding hydrogens is 212 g/mol. The van der Waals surface area contributed by atoms with Crippen molar-refractivity contribution in [1.82, 2.24) is 0 Å². The van der Waals surface area contributed by atoms with E-state index >= 15 is 0 Å². The molecule has 0 saturated heterocycles. The standard InChI is InChI=1S/C15H22O2/c16-15(10-5-2-6-11-15)12-7-13-17-14-8-3-1-4-9-14/h1,3-4,8-9,16H,2,5-7,10-13H2. The van der Waals surface area contributed by atoms with Gasteiger partial charge in [0.15, 0.2) is 0 Å².